The van der Waals surface area contributed by atoms with Crippen LogP contribution < -0.4 is 10.1 Å². The summed E-state index contributed by atoms with van der Waals surface area (Å²) < 4.78 is 11.8. The number of likely N-dealkylation sites (tertiary alicyclic amines) is 2. The number of hydrogen-bond acceptors (Lipinski definition) is 6. The Kier molecular flexibility index (Phi) is 8.96. The first-order chi connectivity index (χ1) is 18.2. The van der Waals surface area contributed by atoms with Gasteiger partial charge < -0.3 is 19.7 Å². The molecule has 7 nitrogen and oxygen atoms in total. The van der Waals surface area contributed by atoms with Gasteiger partial charge in [0.05, 0.1) is 11.6 Å². The molecule has 38 heavy (non-hydrogen) atoms. The van der Waals surface area contributed by atoms with E-state index in [1.807, 2.05) is 57.2 Å². The van der Waals surface area contributed by atoms with Gasteiger partial charge in [-0.15, -0.1) is 0 Å². The van der Waals surface area contributed by atoms with Gasteiger partial charge in [-0.3, -0.25) is 4.90 Å². The van der Waals surface area contributed by atoms with E-state index in [1.165, 1.54) is 5.56 Å². The van der Waals surface area contributed by atoms with E-state index in [0.29, 0.717) is 18.7 Å². The number of amides is 1. The second-order valence-electron chi connectivity index (χ2n) is 11.3. The molecule has 7 heteroatoms. The molecule has 1 amide bonds. The van der Waals surface area contributed by atoms with Gasteiger partial charge in [-0.1, -0.05) is 18.7 Å². The molecule has 2 aliphatic rings. The van der Waals surface area contributed by atoms with Crippen molar-refractivity contribution in [2.45, 2.75) is 70.7 Å². The maximum absolute atomic E-state index is 12.3. The number of carbonyl (C=O) groups excluding carboxylic acids is 1. The summed E-state index contributed by atoms with van der Waals surface area (Å²) in [6.07, 6.45) is 3.70. The molecule has 0 radical (unpaired) electrons. The second kappa shape index (κ2) is 12.4. The number of nitrogens with zero attached hydrogens (tertiary/aromatic N) is 3. The van der Waals surface area contributed by atoms with Crippen LogP contribution >= 0.6 is 0 Å². The molecule has 2 aromatic carbocycles. The standard InChI is InChI=1S/C31H40N4O3/c1-23(33-27-13-19-35(20-14-27)30(36)38-31(2,3)4)26-9-11-28(12-10-26)37-29-15-17-34(18-16-29)22-25-7-5-24(21-32)6-8-25/h5-12,27,29,33H,1,13-20,22H2,2-4H3. The lowest BCUT2D eigenvalue weighted by Crippen LogP contribution is -2.46. The summed E-state index contributed by atoms with van der Waals surface area (Å²) in [6.45, 7) is 14.2. The minimum atomic E-state index is -0.471. The van der Waals surface area contributed by atoms with Gasteiger partial charge in [0.25, 0.3) is 0 Å². The summed E-state index contributed by atoms with van der Waals surface area (Å²) in [5, 5.41) is 12.5. The molecule has 2 saturated heterocycles. The lowest BCUT2D eigenvalue weighted by molar-refractivity contribution is 0.0202. The van der Waals surface area contributed by atoms with E-state index in [9.17, 15) is 4.79 Å². The number of hydrogen-bond donors (Lipinski definition) is 1. The average Bonchev–Trinajstić information content (AvgIpc) is 2.90. The Morgan fingerprint density at radius 3 is 2.21 bits per heavy atom. The van der Waals surface area contributed by atoms with E-state index in [2.05, 4.69) is 35.0 Å². The number of piperidine rings is 2. The van der Waals surface area contributed by atoms with E-state index in [-0.39, 0.29) is 18.2 Å². The van der Waals surface area contributed by atoms with Gasteiger partial charge in [0.15, 0.2) is 0 Å². The van der Waals surface area contributed by atoms with Gasteiger partial charge in [-0.2, -0.15) is 5.26 Å². The molecular weight excluding hydrogens is 476 g/mol. The third-order valence-corrected chi connectivity index (χ3v) is 7.05. The van der Waals surface area contributed by atoms with Gasteiger partial charge >= 0.3 is 6.09 Å². The Balaban J connectivity index is 1.17. The lowest BCUT2D eigenvalue weighted by Gasteiger charge is -2.34. The van der Waals surface area contributed by atoms with Crippen molar-refractivity contribution in [2.75, 3.05) is 26.2 Å². The van der Waals surface area contributed by atoms with Crippen molar-refractivity contribution in [2.24, 2.45) is 0 Å². The molecule has 0 saturated carbocycles. The monoisotopic (exact) mass is 516 g/mol. The van der Waals surface area contributed by atoms with Crippen molar-refractivity contribution < 1.29 is 14.3 Å². The smallest absolute Gasteiger partial charge is 0.410 e. The summed E-state index contributed by atoms with van der Waals surface area (Å²) in [5.41, 5.74) is 3.40. The third-order valence-electron chi connectivity index (χ3n) is 7.05. The van der Waals surface area contributed by atoms with Crippen LogP contribution in [0.3, 0.4) is 0 Å². The molecule has 2 fully saturated rings. The van der Waals surface area contributed by atoms with E-state index < -0.39 is 5.60 Å². The van der Waals surface area contributed by atoms with Crippen LogP contribution in [0.15, 0.2) is 55.1 Å². The van der Waals surface area contributed by atoms with Crippen LogP contribution in [0.25, 0.3) is 5.70 Å². The molecule has 2 aliphatic heterocycles. The summed E-state index contributed by atoms with van der Waals surface area (Å²) in [4.78, 5) is 16.5. The van der Waals surface area contributed by atoms with Gasteiger partial charge in [0.1, 0.15) is 17.5 Å². The first-order valence-electron chi connectivity index (χ1n) is 13.6. The van der Waals surface area contributed by atoms with Crippen LogP contribution in [0.4, 0.5) is 4.79 Å². The Labute approximate surface area is 227 Å². The normalized spacial score (nSPS) is 17.5. The average molecular weight is 517 g/mol. The zero-order valence-electron chi connectivity index (χ0n) is 22.9. The summed E-state index contributed by atoms with van der Waals surface area (Å²) in [5.74, 6) is 0.887. The van der Waals surface area contributed by atoms with Crippen LogP contribution in [0.1, 0.15) is 63.1 Å². The van der Waals surface area contributed by atoms with Crippen molar-refractivity contribution in [3.05, 3.63) is 71.8 Å². The number of rotatable bonds is 7. The zero-order chi connectivity index (χ0) is 27.1. The highest BCUT2D eigenvalue weighted by Crippen LogP contribution is 2.23. The molecule has 2 aromatic rings. The fourth-order valence-corrected chi connectivity index (χ4v) is 4.92. The number of carbonyl (C=O) groups is 1. The molecular formula is C31H40N4O3. The predicted molar refractivity (Wildman–Crippen MR) is 150 cm³/mol. The van der Waals surface area contributed by atoms with Crippen LogP contribution in [0.2, 0.25) is 0 Å². The largest absolute Gasteiger partial charge is 0.490 e. The highest BCUT2D eigenvalue weighted by molar-refractivity contribution is 5.68. The third kappa shape index (κ3) is 8.00. The predicted octanol–water partition coefficient (Wildman–Crippen LogP) is 5.56. The Morgan fingerprint density at radius 2 is 1.63 bits per heavy atom. The minimum Gasteiger partial charge on any atom is -0.490 e. The van der Waals surface area contributed by atoms with Gasteiger partial charge in [0.2, 0.25) is 0 Å². The lowest BCUT2D eigenvalue weighted by atomic mass is 10.0. The molecule has 1 N–H and O–H groups in total. The Bertz CT molecular complexity index is 1120. The Morgan fingerprint density at radius 1 is 1.00 bits per heavy atom. The van der Waals surface area contributed by atoms with Gasteiger partial charge in [-0.05, 0) is 94.0 Å². The molecule has 2 heterocycles. The van der Waals surface area contributed by atoms with Crippen LogP contribution in [-0.2, 0) is 11.3 Å². The van der Waals surface area contributed by atoms with E-state index in [1.54, 1.807) is 4.90 Å². The van der Waals surface area contributed by atoms with Crippen molar-refractivity contribution in [1.82, 2.24) is 15.1 Å². The van der Waals surface area contributed by atoms with Crippen molar-refractivity contribution in [3.8, 4) is 11.8 Å². The fourth-order valence-electron chi connectivity index (χ4n) is 4.92. The summed E-state index contributed by atoms with van der Waals surface area (Å²) in [6, 6.07) is 18.5. The molecule has 0 aliphatic carbocycles. The zero-order valence-corrected chi connectivity index (χ0v) is 22.9. The van der Waals surface area contributed by atoms with Gasteiger partial charge in [-0.25, -0.2) is 4.79 Å². The summed E-state index contributed by atoms with van der Waals surface area (Å²) in [7, 11) is 0. The van der Waals surface area contributed by atoms with Crippen LogP contribution in [-0.4, -0.2) is 59.8 Å². The fraction of sp³-hybridized carbons (Fsp3) is 0.484. The molecule has 4 rings (SSSR count). The van der Waals surface area contributed by atoms with E-state index in [0.717, 1.165) is 62.3 Å². The van der Waals surface area contributed by atoms with E-state index >= 15 is 0 Å². The van der Waals surface area contributed by atoms with Crippen LogP contribution in [0.5, 0.6) is 5.75 Å². The maximum atomic E-state index is 12.3. The van der Waals surface area contributed by atoms with Crippen molar-refractivity contribution in [3.63, 3.8) is 0 Å². The van der Waals surface area contributed by atoms with Gasteiger partial charge in [0, 0.05) is 44.5 Å². The topological polar surface area (TPSA) is 77.8 Å². The highest BCUT2D eigenvalue weighted by Gasteiger charge is 2.27. The number of benzene rings is 2. The van der Waals surface area contributed by atoms with Crippen LogP contribution in [0, 0.1) is 11.3 Å². The number of ether oxygens (including phenoxy) is 2. The number of nitrogens with one attached hydrogen (secondary N) is 1. The SMILES string of the molecule is C=C(NC1CCN(C(=O)OC(C)(C)C)CC1)c1ccc(OC2CCN(Cc3ccc(C#N)cc3)CC2)cc1. The molecule has 0 unspecified atom stereocenters. The molecule has 0 aromatic heterocycles. The first kappa shape index (κ1) is 27.5. The first-order valence-corrected chi connectivity index (χ1v) is 13.6. The Hall–Kier alpha value is -3.50. The summed E-state index contributed by atoms with van der Waals surface area (Å²) >= 11 is 0. The van der Waals surface area contributed by atoms with Crippen molar-refractivity contribution >= 4 is 11.8 Å². The number of nitriles is 1. The quantitative estimate of drug-likeness (QED) is 0.519. The molecule has 0 atom stereocenters. The highest BCUT2D eigenvalue weighted by atomic mass is 16.6. The molecule has 0 bridgehead atoms. The van der Waals surface area contributed by atoms with E-state index in [4.69, 9.17) is 14.7 Å². The minimum absolute atomic E-state index is 0.217. The maximum Gasteiger partial charge on any atom is 0.410 e. The molecule has 0 spiro atoms. The van der Waals surface area contributed by atoms with Crippen molar-refractivity contribution in [1.29, 1.82) is 5.26 Å². The molecule has 202 valence electrons. The second-order valence-corrected chi connectivity index (χ2v) is 11.3.